The van der Waals surface area contributed by atoms with Gasteiger partial charge in [-0.1, -0.05) is 30.7 Å². The second kappa shape index (κ2) is 8.44. The molecule has 2 N–H and O–H groups in total. The average molecular weight is 333 g/mol. The smallest absolute Gasteiger partial charge is 0.243 e. The normalized spacial score (nSPS) is 10.2. The van der Waals surface area contributed by atoms with Gasteiger partial charge < -0.3 is 15.4 Å². The Labute approximate surface area is 141 Å². The van der Waals surface area contributed by atoms with Gasteiger partial charge in [-0.25, -0.2) is 0 Å². The first-order chi connectivity index (χ1) is 11.1. The molecule has 0 radical (unpaired) electrons. The molecule has 4 nitrogen and oxygen atoms in total. The minimum atomic E-state index is -0.134. The van der Waals surface area contributed by atoms with E-state index in [1.54, 1.807) is 6.07 Å². The van der Waals surface area contributed by atoms with Gasteiger partial charge in [0.05, 0.1) is 13.2 Å². The first-order valence-electron chi connectivity index (χ1n) is 7.61. The summed E-state index contributed by atoms with van der Waals surface area (Å²) in [7, 11) is 0. The van der Waals surface area contributed by atoms with Crippen molar-refractivity contribution in [3.8, 4) is 5.75 Å². The minimum absolute atomic E-state index is 0.134. The molecule has 0 fully saturated rings. The molecule has 5 heteroatoms. The van der Waals surface area contributed by atoms with Crippen LogP contribution < -0.4 is 15.4 Å². The van der Waals surface area contributed by atoms with Gasteiger partial charge in [-0.2, -0.15) is 0 Å². The van der Waals surface area contributed by atoms with E-state index in [1.165, 1.54) is 0 Å². The zero-order chi connectivity index (χ0) is 16.7. The summed E-state index contributed by atoms with van der Waals surface area (Å²) in [4.78, 5) is 12.0. The van der Waals surface area contributed by atoms with Crippen LogP contribution in [-0.4, -0.2) is 19.1 Å². The van der Waals surface area contributed by atoms with Gasteiger partial charge in [0.15, 0.2) is 0 Å². The molecule has 23 heavy (non-hydrogen) atoms. The molecule has 0 spiro atoms. The molecule has 0 aliphatic carbocycles. The molecule has 0 aliphatic heterocycles. The quantitative estimate of drug-likeness (QED) is 0.785. The molecule has 0 aliphatic rings. The Morgan fingerprint density at radius 3 is 2.74 bits per heavy atom. The summed E-state index contributed by atoms with van der Waals surface area (Å²) in [5.41, 5.74) is 2.51. The van der Waals surface area contributed by atoms with Crippen molar-refractivity contribution in [2.24, 2.45) is 0 Å². The van der Waals surface area contributed by atoms with Crippen molar-refractivity contribution in [3.05, 3.63) is 53.1 Å². The van der Waals surface area contributed by atoms with Crippen LogP contribution in [0.3, 0.4) is 0 Å². The highest BCUT2D eigenvalue weighted by molar-refractivity contribution is 6.31. The number of benzene rings is 2. The van der Waals surface area contributed by atoms with Crippen molar-refractivity contribution >= 4 is 28.9 Å². The Morgan fingerprint density at radius 2 is 2.00 bits per heavy atom. The highest BCUT2D eigenvalue weighted by Gasteiger charge is 2.04. The number of halogens is 1. The Hall–Kier alpha value is -2.20. The number of hydrogen-bond acceptors (Lipinski definition) is 3. The molecule has 0 aromatic heterocycles. The summed E-state index contributed by atoms with van der Waals surface area (Å²) in [6.07, 6.45) is 0.958. The Morgan fingerprint density at radius 1 is 1.17 bits per heavy atom. The maximum absolute atomic E-state index is 12.0. The first-order valence-corrected chi connectivity index (χ1v) is 7.99. The third kappa shape index (κ3) is 5.49. The van der Waals surface area contributed by atoms with Gasteiger partial charge in [-0.15, -0.1) is 0 Å². The van der Waals surface area contributed by atoms with Gasteiger partial charge in [0.1, 0.15) is 5.75 Å². The lowest BCUT2D eigenvalue weighted by Gasteiger charge is -2.10. The number of carbonyl (C=O) groups excluding carboxylic acids is 1. The number of hydrogen-bond donors (Lipinski definition) is 2. The van der Waals surface area contributed by atoms with E-state index in [-0.39, 0.29) is 12.5 Å². The molecule has 0 heterocycles. The summed E-state index contributed by atoms with van der Waals surface area (Å²) in [6.45, 7) is 4.83. The van der Waals surface area contributed by atoms with Gasteiger partial charge in [0.25, 0.3) is 0 Å². The second-order valence-electron chi connectivity index (χ2n) is 5.24. The van der Waals surface area contributed by atoms with E-state index in [0.717, 1.165) is 23.4 Å². The maximum Gasteiger partial charge on any atom is 0.243 e. The lowest BCUT2D eigenvalue weighted by molar-refractivity contribution is -0.114. The molecule has 2 aromatic carbocycles. The van der Waals surface area contributed by atoms with Gasteiger partial charge in [0, 0.05) is 22.5 Å². The Balaban J connectivity index is 1.87. The van der Waals surface area contributed by atoms with E-state index >= 15 is 0 Å². The van der Waals surface area contributed by atoms with Crippen LogP contribution in [0.25, 0.3) is 0 Å². The van der Waals surface area contributed by atoms with Crippen LogP contribution in [-0.2, 0) is 4.79 Å². The van der Waals surface area contributed by atoms with E-state index in [1.807, 2.05) is 43.3 Å². The van der Waals surface area contributed by atoms with Crippen LogP contribution >= 0.6 is 11.6 Å². The predicted octanol–water partition coefficient (Wildman–Crippen LogP) is 4.49. The number of carbonyl (C=O) groups is 1. The molecule has 2 aromatic rings. The molecular formula is C18H21ClN2O2. The third-order valence-electron chi connectivity index (χ3n) is 3.22. The van der Waals surface area contributed by atoms with Crippen molar-refractivity contribution in [3.63, 3.8) is 0 Å². The van der Waals surface area contributed by atoms with Crippen LogP contribution in [0, 0.1) is 6.92 Å². The van der Waals surface area contributed by atoms with Crippen molar-refractivity contribution < 1.29 is 9.53 Å². The molecular weight excluding hydrogens is 312 g/mol. The summed E-state index contributed by atoms with van der Waals surface area (Å²) < 4.78 is 5.57. The number of rotatable bonds is 7. The van der Waals surface area contributed by atoms with Crippen LogP contribution in [0.5, 0.6) is 5.75 Å². The Kier molecular flexibility index (Phi) is 6.29. The fourth-order valence-electron chi connectivity index (χ4n) is 1.97. The molecule has 2 rings (SSSR count). The molecule has 0 saturated heterocycles. The fourth-order valence-corrected chi connectivity index (χ4v) is 2.15. The predicted molar refractivity (Wildman–Crippen MR) is 95.5 cm³/mol. The Bertz CT molecular complexity index is 674. The number of ether oxygens (including phenoxy) is 1. The van der Waals surface area contributed by atoms with Crippen LogP contribution in [0.4, 0.5) is 11.4 Å². The lowest BCUT2D eigenvalue weighted by atomic mass is 10.2. The fraction of sp³-hybridized carbons (Fsp3) is 0.278. The summed E-state index contributed by atoms with van der Waals surface area (Å²) in [5, 5.41) is 6.53. The number of nitrogens with one attached hydrogen (secondary N) is 2. The maximum atomic E-state index is 12.0. The monoisotopic (exact) mass is 332 g/mol. The SMILES string of the molecule is CCCOc1cccc(NCC(=O)Nc2ccc(C)c(Cl)c2)c1. The third-order valence-corrected chi connectivity index (χ3v) is 3.62. The summed E-state index contributed by atoms with van der Waals surface area (Å²) in [5.74, 6) is 0.660. The van der Waals surface area contributed by atoms with E-state index in [0.29, 0.717) is 17.3 Å². The van der Waals surface area contributed by atoms with Crippen molar-refractivity contribution in [1.82, 2.24) is 0 Å². The van der Waals surface area contributed by atoms with Crippen LogP contribution in [0.15, 0.2) is 42.5 Å². The zero-order valence-electron chi connectivity index (χ0n) is 13.4. The standard InChI is InChI=1S/C18H21ClN2O2/c1-3-9-23-16-6-4-5-14(10-16)20-12-18(22)21-15-8-7-13(2)17(19)11-15/h4-8,10-11,20H,3,9,12H2,1-2H3,(H,21,22). The highest BCUT2D eigenvalue weighted by atomic mass is 35.5. The topological polar surface area (TPSA) is 50.4 Å². The molecule has 122 valence electrons. The summed E-state index contributed by atoms with van der Waals surface area (Å²) in [6, 6.07) is 13.0. The molecule has 0 saturated carbocycles. The van der Waals surface area contributed by atoms with E-state index in [2.05, 4.69) is 17.6 Å². The zero-order valence-corrected chi connectivity index (χ0v) is 14.1. The molecule has 1 amide bonds. The number of anilines is 2. The highest BCUT2D eigenvalue weighted by Crippen LogP contribution is 2.20. The van der Waals surface area contributed by atoms with Gasteiger partial charge in [-0.05, 0) is 43.2 Å². The van der Waals surface area contributed by atoms with E-state index < -0.39 is 0 Å². The van der Waals surface area contributed by atoms with Crippen LogP contribution in [0.1, 0.15) is 18.9 Å². The first kappa shape index (κ1) is 17.2. The summed E-state index contributed by atoms with van der Waals surface area (Å²) >= 11 is 6.05. The lowest BCUT2D eigenvalue weighted by Crippen LogP contribution is -2.21. The van der Waals surface area contributed by atoms with E-state index in [9.17, 15) is 4.79 Å². The number of amides is 1. The molecule has 0 bridgehead atoms. The molecule has 0 unspecified atom stereocenters. The van der Waals surface area contributed by atoms with E-state index in [4.69, 9.17) is 16.3 Å². The molecule has 0 atom stereocenters. The van der Waals surface area contributed by atoms with Crippen molar-refractivity contribution in [2.45, 2.75) is 20.3 Å². The van der Waals surface area contributed by atoms with Gasteiger partial charge >= 0.3 is 0 Å². The second-order valence-corrected chi connectivity index (χ2v) is 5.65. The average Bonchev–Trinajstić information content (AvgIpc) is 2.55. The van der Waals surface area contributed by atoms with Crippen molar-refractivity contribution in [2.75, 3.05) is 23.8 Å². The van der Waals surface area contributed by atoms with Crippen molar-refractivity contribution in [1.29, 1.82) is 0 Å². The largest absolute Gasteiger partial charge is 0.494 e. The van der Waals surface area contributed by atoms with Gasteiger partial charge in [-0.3, -0.25) is 4.79 Å². The van der Waals surface area contributed by atoms with Crippen LogP contribution in [0.2, 0.25) is 5.02 Å². The van der Waals surface area contributed by atoms with Gasteiger partial charge in [0.2, 0.25) is 5.91 Å². The number of aryl methyl sites for hydroxylation is 1. The minimum Gasteiger partial charge on any atom is -0.494 e.